The summed E-state index contributed by atoms with van der Waals surface area (Å²) in [7, 11) is 1.84. The highest BCUT2D eigenvalue weighted by atomic mass is 32.1. The molecule has 10 heterocycles. The largest absolute Gasteiger partial charge is 0.444 e. The first-order valence-electron chi connectivity index (χ1n) is 48.9. The predicted octanol–water partition coefficient (Wildman–Crippen LogP) is 3.20. The first-order valence-corrected chi connectivity index (χ1v) is 48.9. The number of carbonyl (C=O) groups is 21. The third-order valence-corrected chi connectivity index (χ3v) is 25.9. The Morgan fingerprint density at radius 1 is 0.308 bits per heavy atom. The van der Waals surface area contributed by atoms with Crippen LogP contribution < -0.4 is 22.9 Å². The minimum Gasteiger partial charge on any atom is -0.444 e. The van der Waals surface area contributed by atoms with Gasteiger partial charge in [-0.3, -0.25) is 91.4 Å². The van der Waals surface area contributed by atoms with E-state index in [0.717, 1.165) is 6.54 Å². The van der Waals surface area contributed by atoms with E-state index in [1.165, 1.54) is 80.7 Å². The van der Waals surface area contributed by atoms with Gasteiger partial charge in [-0.25, -0.2) is 24.0 Å². The summed E-state index contributed by atoms with van der Waals surface area (Å²) in [5, 5.41) is 0. The maximum absolute atomic E-state index is 13.4. The van der Waals surface area contributed by atoms with E-state index in [4.69, 9.17) is 46.6 Å². The first-order chi connectivity index (χ1) is 65.1. The molecule has 146 heavy (non-hydrogen) atoms. The highest BCUT2D eigenvalue weighted by Crippen LogP contribution is 2.43. The van der Waals surface area contributed by atoms with Gasteiger partial charge in [0.1, 0.15) is 50.4 Å². The monoisotopic (exact) mass is 2140 g/mol. The lowest BCUT2D eigenvalue weighted by Crippen LogP contribution is -2.83. The number of likely N-dealkylation sites (tertiary alicyclic amines) is 5. The van der Waals surface area contributed by atoms with Gasteiger partial charge in [0.05, 0.1) is 96.2 Å². The van der Waals surface area contributed by atoms with Crippen LogP contribution >= 0.6 is 54.0 Å². The quantitative estimate of drug-likeness (QED) is 0.0677. The molecule has 0 saturated carbocycles. The Bertz CT molecular complexity index is 4770. The SMILES string of the molecule is CC(=O)CN1CC2(CN(C(=O)OC(C)(C)C)CCN2CC(C)C)C1=O.CC(=O)[C@H](CCC(N)=O)N1CC2(CN(C(=O)OC(C)(C)C)CCN2C(=O)C(C)C)C1=O.CC(=O)[C@H](CCC(N)=O)N1CC2(CN(C(=O)OC(C)(C)C)CCN2C(C)=O)C1=O.CC(=O)[C@H](CCC(N)=O)N1CC2(CN(C(=O)OC(C)(C)C)CCN2C)C1=O.CC(=O)[C@H](CCC(N)=O)N1CC2(CN(C(=O)OC(C)(C)C)CCN2CC(C)C)C1=O.S.S.S.S. The van der Waals surface area contributed by atoms with Crippen LogP contribution in [0.25, 0.3) is 0 Å². The van der Waals surface area contributed by atoms with Crippen LogP contribution in [0.5, 0.6) is 0 Å². The molecule has 9 atom stereocenters. The van der Waals surface area contributed by atoms with Gasteiger partial charge < -0.3 is 105 Å². The van der Waals surface area contributed by atoms with Crippen molar-refractivity contribution in [3.05, 3.63) is 0 Å². The molecule has 10 saturated heterocycles. The van der Waals surface area contributed by atoms with Crippen LogP contribution in [0.15, 0.2) is 0 Å². The number of rotatable bonds is 27. The zero-order valence-electron chi connectivity index (χ0n) is 91.1. The molecule has 0 aromatic heterocycles. The van der Waals surface area contributed by atoms with Gasteiger partial charge >= 0.3 is 30.5 Å². The molecule has 832 valence electrons. The number of amides is 16. The zero-order valence-corrected chi connectivity index (χ0v) is 95.1. The van der Waals surface area contributed by atoms with E-state index in [1.54, 1.807) is 95.8 Å². The van der Waals surface area contributed by atoms with E-state index >= 15 is 0 Å². The maximum atomic E-state index is 13.4. The third kappa shape index (κ3) is 33.6. The molecule has 0 aromatic rings. The highest BCUT2D eigenvalue weighted by molar-refractivity contribution is 7.59. The number of ether oxygens (including phenoxy) is 5. The fourth-order valence-electron chi connectivity index (χ4n) is 19.3. The van der Waals surface area contributed by atoms with Gasteiger partial charge in [-0.05, 0) is 183 Å². The fourth-order valence-corrected chi connectivity index (χ4v) is 19.3. The van der Waals surface area contributed by atoms with E-state index < -0.39 is 140 Å². The molecule has 0 aliphatic carbocycles. The summed E-state index contributed by atoms with van der Waals surface area (Å²) in [5.74, 6) is -4.31. The molecule has 16 amide bonds. The van der Waals surface area contributed by atoms with Crippen molar-refractivity contribution in [1.29, 1.82) is 0 Å². The lowest BCUT2D eigenvalue weighted by atomic mass is 9.80. The Kier molecular flexibility index (Phi) is 47.6. The second-order valence-electron chi connectivity index (χ2n) is 45.2. The molecule has 10 aliphatic rings. The predicted molar refractivity (Wildman–Crippen MR) is 559 cm³/mol. The molecule has 5 unspecified atom stereocenters. The number of piperazine rings is 5. The van der Waals surface area contributed by atoms with E-state index in [0.29, 0.717) is 83.8 Å². The average molecular weight is 2150 g/mol. The molecular weight excluding hydrogens is 1980 g/mol. The lowest BCUT2D eigenvalue weighted by molar-refractivity contribution is -0.184. The standard InChI is InChI=1S/C21H34N4O6.C21H36N4O5.C19H30N4O6.C18H30N4O5.C18H31N3O4.4H2S/c1-13(2)17(28)25-10-9-23(19(30)31-20(4,5)6)11-21(25)12-24(18(21)29)15(14(3)26)7-8-16(22)27;1-14(2)11-24-10-9-23(19(29)30-20(4,5)6)12-21(24)13-25(18(21)28)16(15(3)26)7-8-17(22)27;1-12(24)14(6-7-15(20)26)22-11-19(16(22)27)10-21(8-9-23(19)13(2)25)17(28)29-18(3,4)5;1-12(23)13(6-7-14(19)24)22-11-18(15(22)25)10-21(9-8-20(18)5)16(26)27-17(2,3)4;1-13(2)9-21-8-7-19(16(24)25-17(4,5)6)11-18(21)12-20(15(18)23)10-14(3)22;;;;/h13,15H,7-12H2,1-6H3,(H2,22,27);14,16H,7-13H2,1-6H3,(H2,22,27);14H,6-11H2,1-5H3,(H2,20,26);13H,6-11H2,1-5H3,(H2,19,24);13H,7-12H2,1-6H3;4*1H2/t15-,21?;16-,21?;14-,19?;13-,18?;;;;;/m0000...../s1. The van der Waals surface area contributed by atoms with Crippen LogP contribution in [0.4, 0.5) is 24.0 Å². The molecule has 0 aromatic carbocycles. The molecule has 5 spiro atoms. The van der Waals surface area contributed by atoms with Gasteiger partial charge in [-0.2, -0.15) is 54.0 Å². The molecule has 45 nitrogen and oxygen atoms in total. The molecular formula is C97H169N19O26S4. The van der Waals surface area contributed by atoms with Crippen molar-refractivity contribution in [1.82, 2.24) is 73.5 Å². The number of ketones is 5. The van der Waals surface area contributed by atoms with E-state index in [1.807, 2.05) is 53.5 Å². The fraction of sp³-hybridized carbons (Fsp3) is 0.784. The summed E-state index contributed by atoms with van der Waals surface area (Å²) in [5.41, 5.74) is 12.7. The normalized spacial score (nSPS) is 22.9. The summed E-state index contributed by atoms with van der Waals surface area (Å²) in [4.78, 5) is 282. The first kappa shape index (κ1) is 132. The van der Waals surface area contributed by atoms with Crippen LogP contribution in [0, 0.1) is 17.8 Å². The van der Waals surface area contributed by atoms with Crippen LogP contribution in [0.2, 0.25) is 0 Å². The second-order valence-corrected chi connectivity index (χ2v) is 45.2. The number of hydrogen-bond acceptors (Lipinski definition) is 29. The molecule has 10 fully saturated rings. The van der Waals surface area contributed by atoms with Gasteiger partial charge in [-0.15, -0.1) is 0 Å². The second kappa shape index (κ2) is 52.5. The van der Waals surface area contributed by atoms with Gasteiger partial charge in [0.15, 0.2) is 34.2 Å². The van der Waals surface area contributed by atoms with Crippen molar-refractivity contribution in [3.63, 3.8) is 0 Å². The summed E-state index contributed by atoms with van der Waals surface area (Å²) >= 11 is 0. The highest BCUT2D eigenvalue weighted by Gasteiger charge is 2.67. The smallest absolute Gasteiger partial charge is 0.410 e. The number of hydrogen-bond donors (Lipinski definition) is 4. The molecule has 0 radical (unpaired) electrons. The number of primary amides is 4. The van der Waals surface area contributed by atoms with Crippen LogP contribution in [-0.2, 0) is 100 Å². The van der Waals surface area contributed by atoms with Crippen molar-refractivity contribution >= 4 is 178 Å². The van der Waals surface area contributed by atoms with Crippen molar-refractivity contribution in [3.8, 4) is 0 Å². The number of nitrogens with zero attached hydrogens (tertiary/aromatic N) is 15. The molecule has 10 rings (SSSR count). The Hall–Kier alpha value is -9.85. The number of likely N-dealkylation sites (N-methyl/N-ethyl adjacent to an activating group) is 1. The van der Waals surface area contributed by atoms with Crippen molar-refractivity contribution in [2.45, 2.75) is 318 Å². The Labute approximate surface area is 887 Å². The Morgan fingerprint density at radius 3 is 0.774 bits per heavy atom. The van der Waals surface area contributed by atoms with Crippen molar-refractivity contribution in [2.24, 2.45) is 40.7 Å². The summed E-state index contributed by atoms with van der Waals surface area (Å²) in [6.07, 6.45) is -1.65. The van der Waals surface area contributed by atoms with Gasteiger partial charge in [-0.1, -0.05) is 41.5 Å². The van der Waals surface area contributed by atoms with E-state index in [9.17, 15) is 101 Å². The van der Waals surface area contributed by atoms with Crippen LogP contribution in [0.3, 0.4) is 0 Å². The van der Waals surface area contributed by atoms with Gasteiger partial charge in [0, 0.05) is 117 Å². The maximum Gasteiger partial charge on any atom is 0.410 e. The van der Waals surface area contributed by atoms with Crippen molar-refractivity contribution < 1.29 is 124 Å². The van der Waals surface area contributed by atoms with Gasteiger partial charge in [0.25, 0.3) is 11.8 Å². The summed E-state index contributed by atoms with van der Waals surface area (Å²) in [6, 6.07) is -2.92. The Balaban J connectivity index is 0.000000614. The van der Waals surface area contributed by atoms with Gasteiger partial charge in [0.2, 0.25) is 53.2 Å². The van der Waals surface area contributed by atoms with Crippen LogP contribution in [-0.4, -0.2) is 435 Å². The average Bonchev–Trinajstić information content (AvgIpc) is 0.716. The minimum absolute atomic E-state index is 0. The topological polar surface area (TPSA) is 557 Å². The van der Waals surface area contributed by atoms with Crippen LogP contribution in [0.1, 0.15) is 238 Å². The zero-order chi connectivity index (χ0) is 108. The number of nitrogens with two attached hydrogens (primary N) is 4. The summed E-state index contributed by atoms with van der Waals surface area (Å²) in [6.45, 7) is 55.0. The molecule has 49 heteroatoms. The Morgan fingerprint density at radius 2 is 0.541 bits per heavy atom. The molecule has 8 N–H and O–H groups in total. The van der Waals surface area contributed by atoms with Crippen molar-refractivity contribution in [2.75, 3.05) is 158 Å². The minimum atomic E-state index is -1.24. The summed E-state index contributed by atoms with van der Waals surface area (Å²) < 4.78 is 27.3. The third-order valence-electron chi connectivity index (χ3n) is 25.9. The van der Waals surface area contributed by atoms with E-state index in [2.05, 4.69) is 37.5 Å². The lowest BCUT2D eigenvalue weighted by Gasteiger charge is -2.60. The molecule has 0 bridgehead atoms. The number of carbonyl (C=O) groups excluding carboxylic acids is 21. The number of Topliss-reactive ketones (excluding diaryl/α,β-unsaturated/α-hetero) is 5. The number of β-lactam (4-membered cyclic amide) rings is 5. The van der Waals surface area contributed by atoms with E-state index in [-0.39, 0.29) is 248 Å². The molecule has 10 aliphatic heterocycles.